The van der Waals surface area contributed by atoms with E-state index in [2.05, 4.69) is 18.8 Å². The number of aromatic nitrogens is 1. The van der Waals surface area contributed by atoms with Crippen molar-refractivity contribution in [2.45, 2.75) is 39.7 Å². The van der Waals surface area contributed by atoms with Crippen molar-refractivity contribution in [1.29, 1.82) is 0 Å². The van der Waals surface area contributed by atoms with E-state index in [1.54, 1.807) is 54.0 Å². The summed E-state index contributed by atoms with van der Waals surface area (Å²) in [6, 6.07) is 11.2. The lowest BCUT2D eigenvalue weighted by Crippen LogP contribution is -2.29. The summed E-state index contributed by atoms with van der Waals surface area (Å²) >= 11 is 1.23. The van der Waals surface area contributed by atoms with E-state index >= 15 is 0 Å². The highest BCUT2D eigenvalue weighted by Crippen LogP contribution is 2.44. The summed E-state index contributed by atoms with van der Waals surface area (Å²) in [7, 11) is 1.54. The molecule has 1 N–H and O–H groups in total. The van der Waals surface area contributed by atoms with Gasteiger partial charge in [-0.05, 0) is 48.6 Å². The van der Waals surface area contributed by atoms with Gasteiger partial charge in [-0.3, -0.25) is 14.5 Å². The number of aliphatic hydroxyl groups is 1. The van der Waals surface area contributed by atoms with Crippen LogP contribution in [0.25, 0.3) is 5.76 Å². The zero-order chi connectivity index (χ0) is 27.2. The SMILES string of the molecule is CCCOc1cccc(C(O)=C2C(=O)C(=O)N(c3nccs3)C2c2ccc(OCCC(C)C)c(OC)c2)c1. The van der Waals surface area contributed by atoms with Crippen molar-refractivity contribution in [2.24, 2.45) is 5.92 Å². The highest BCUT2D eigenvalue weighted by Gasteiger charge is 2.48. The highest BCUT2D eigenvalue weighted by molar-refractivity contribution is 7.14. The molecular formula is C29H32N2O6S. The Balaban J connectivity index is 1.81. The molecule has 1 fully saturated rings. The number of hydrogen-bond acceptors (Lipinski definition) is 8. The Hall–Kier alpha value is -3.85. The largest absolute Gasteiger partial charge is 0.507 e. The van der Waals surface area contributed by atoms with Gasteiger partial charge in [0, 0.05) is 17.1 Å². The molecule has 4 rings (SSSR count). The number of methoxy groups -OCH3 is 1. The van der Waals surface area contributed by atoms with Gasteiger partial charge in [0.1, 0.15) is 11.5 Å². The number of Topliss-reactive ketones (excluding diaryl/α,β-unsaturated/α-hetero) is 1. The van der Waals surface area contributed by atoms with E-state index in [1.807, 2.05) is 6.92 Å². The first-order valence-electron chi connectivity index (χ1n) is 12.6. The highest BCUT2D eigenvalue weighted by atomic mass is 32.1. The number of benzene rings is 2. The molecule has 1 aromatic heterocycles. The molecule has 1 unspecified atom stereocenters. The van der Waals surface area contributed by atoms with Gasteiger partial charge in [-0.1, -0.05) is 39.0 Å². The summed E-state index contributed by atoms with van der Waals surface area (Å²) in [5.74, 6) is 0.232. The number of carbonyl (C=O) groups excluding carboxylic acids is 2. The Morgan fingerprint density at radius 1 is 1.11 bits per heavy atom. The van der Waals surface area contributed by atoms with E-state index in [0.717, 1.165) is 12.8 Å². The van der Waals surface area contributed by atoms with E-state index in [4.69, 9.17) is 14.2 Å². The molecule has 1 amide bonds. The second-order valence-electron chi connectivity index (χ2n) is 9.30. The van der Waals surface area contributed by atoms with E-state index in [0.29, 0.717) is 52.6 Å². The third kappa shape index (κ3) is 5.67. The van der Waals surface area contributed by atoms with Gasteiger partial charge in [-0.2, -0.15) is 0 Å². The third-order valence-corrected chi connectivity index (χ3v) is 6.88. The maximum absolute atomic E-state index is 13.4. The smallest absolute Gasteiger partial charge is 0.301 e. The fourth-order valence-corrected chi connectivity index (χ4v) is 4.83. The molecule has 0 bridgehead atoms. The standard InChI is InChI=1S/C29H32N2O6S/c1-5-13-36-21-8-6-7-20(16-21)26(32)24-25(31(28(34)27(24)33)29-30-12-15-38-29)19-9-10-22(23(17-19)35-4)37-14-11-18(2)3/h6-10,12,15-18,25,32H,5,11,13-14H2,1-4H3. The molecule has 0 saturated carbocycles. The lowest BCUT2D eigenvalue weighted by atomic mass is 9.95. The van der Waals surface area contributed by atoms with Crippen LogP contribution in [0.2, 0.25) is 0 Å². The molecule has 8 nitrogen and oxygen atoms in total. The number of nitrogens with zero attached hydrogens (tertiary/aromatic N) is 2. The van der Waals surface area contributed by atoms with E-state index in [-0.39, 0.29) is 11.3 Å². The van der Waals surface area contributed by atoms with Crippen LogP contribution in [0.4, 0.5) is 5.13 Å². The summed E-state index contributed by atoms with van der Waals surface area (Å²) in [4.78, 5) is 32.3. The monoisotopic (exact) mass is 536 g/mol. The Morgan fingerprint density at radius 2 is 1.92 bits per heavy atom. The number of carbonyl (C=O) groups is 2. The molecular weight excluding hydrogens is 504 g/mol. The normalized spacial score (nSPS) is 16.8. The predicted octanol–water partition coefficient (Wildman–Crippen LogP) is 5.99. The van der Waals surface area contributed by atoms with Crippen molar-refractivity contribution in [3.05, 3.63) is 70.7 Å². The second-order valence-corrected chi connectivity index (χ2v) is 10.2. The van der Waals surface area contributed by atoms with Gasteiger partial charge in [0.25, 0.3) is 5.78 Å². The van der Waals surface area contributed by atoms with Crippen molar-refractivity contribution < 1.29 is 28.9 Å². The van der Waals surface area contributed by atoms with Gasteiger partial charge in [0.05, 0.1) is 31.9 Å². The van der Waals surface area contributed by atoms with Crippen molar-refractivity contribution >= 4 is 33.9 Å². The topological polar surface area (TPSA) is 98.2 Å². The second kappa shape index (κ2) is 12.1. The number of ketones is 1. The van der Waals surface area contributed by atoms with Crippen molar-refractivity contribution in [3.8, 4) is 17.2 Å². The lowest BCUT2D eigenvalue weighted by Gasteiger charge is -2.24. The molecule has 1 aliphatic rings. The minimum Gasteiger partial charge on any atom is -0.507 e. The Kier molecular flexibility index (Phi) is 8.68. The van der Waals surface area contributed by atoms with Crippen LogP contribution in [0.15, 0.2) is 59.6 Å². The Morgan fingerprint density at radius 3 is 2.61 bits per heavy atom. The van der Waals surface area contributed by atoms with Gasteiger partial charge in [-0.15, -0.1) is 11.3 Å². The first kappa shape index (κ1) is 27.2. The summed E-state index contributed by atoms with van der Waals surface area (Å²) < 4.78 is 17.2. The molecule has 200 valence electrons. The zero-order valence-corrected chi connectivity index (χ0v) is 22.8. The van der Waals surface area contributed by atoms with Gasteiger partial charge >= 0.3 is 5.91 Å². The molecule has 2 aromatic carbocycles. The quantitative estimate of drug-likeness (QED) is 0.183. The molecule has 1 aliphatic heterocycles. The summed E-state index contributed by atoms with van der Waals surface area (Å²) in [5.41, 5.74) is 0.919. The van der Waals surface area contributed by atoms with Crippen LogP contribution < -0.4 is 19.1 Å². The molecule has 0 spiro atoms. The number of rotatable bonds is 11. The minimum absolute atomic E-state index is 0.0339. The maximum atomic E-state index is 13.4. The molecule has 0 radical (unpaired) electrons. The number of anilines is 1. The van der Waals surface area contributed by atoms with E-state index in [9.17, 15) is 14.7 Å². The van der Waals surface area contributed by atoms with Crippen molar-refractivity contribution in [1.82, 2.24) is 4.98 Å². The molecule has 2 heterocycles. The van der Waals surface area contributed by atoms with E-state index < -0.39 is 17.7 Å². The number of amides is 1. The maximum Gasteiger partial charge on any atom is 0.301 e. The fraction of sp³-hybridized carbons (Fsp3) is 0.345. The zero-order valence-electron chi connectivity index (χ0n) is 22.0. The average molecular weight is 537 g/mol. The Labute approximate surface area is 226 Å². The van der Waals surface area contributed by atoms with Crippen molar-refractivity contribution in [2.75, 3.05) is 25.2 Å². The number of ether oxygens (including phenoxy) is 3. The van der Waals surface area contributed by atoms with E-state index in [1.165, 1.54) is 23.3 Å². The Bertz CT molecular complexity index is 1320. The van der Waals surface area contributed by atoms with Crippen LogP contribution in [-0.4, -0.2) is 42.1 Å². The van der Waals surface area contributed by atoms with Crippen LogP contribution >= 0.6 is 11.3 Å². The van der Waals surface area contributed by atoms with Crippen LogP contribution in [-0.2, 0) is 9.59 Å². The van der Waals surface area contributed by atoms with Crippen LogP contribution in [0, 0.1) is 5.92 Å². The number of hydrogen-bond donors (Lipinski definition) is 1. The third-order valence-electron chi connectivity index (χ3n) is 6.11. The summed E-state index contributed by atoms with van der Waals surface area (Å²) in [6.07, 6.45) is 3.28. The van der Waals surface area contributed by atoms with Crippen LogP contribution in [0.1, 0.15) is 50.8 Å². The molecule has 3 aromatic rings. The molecule has 1 saturated heterocycles. The minimum atomic E-state index is -0.917. The first-order valence-corrected chi connectivity index (χ1v) is 13.5. The molecule has 38 heavy (non-hydrogen) atoms. The first-order chi connectivity index (χ1) is 18.3. The molecule has 0 aliphatic carbocycles. The predicted molar refractivity (Wildman–Crippen MR) is 147 cm³/mol. The number of aliphatic hydroxyl groups excluding tert-OH is 1. The van der Waals surface area contributed by atoms with Crippen LogP contribution in [0.3, 0.4) is 0 Å². The van der Waals surface area contributed by atoms with Crippen LogP contribution in [0.5, 0.6) is 17.2 Å². The molecule has 1 atom stereocenters. The fourth-order valence-electron chi connectivity index (χ4n) is 4.17. The average Bonchev–Trinajstić information content (AvgIpc) is 3.53. The number of thiazole rings is 1. The van der Waals surface area contributed by atoms with Gasteiger partial charge in [-0.25, -0.2) is 4.98 Å². The van der Waals surface area contributed by atoms with Gasteiger partial charge in [0.2, 0.25) is 0 Å². The summed E-state index contributed by atoms with van der Waals surface area (Å²) in [6.45, 7) is 7.29. The van der Waals surface area contributed by atoms with Gasteiger partial charge < -0.3 is 19.3 Å². The lowest BCUT2D eigenvalue weighted by molar-refractivity contribution is -0.132. The van der Waals surface area contributed by atoms with Gasteiger partial charge in [0.15, 0.2) is 16.6 Å². The summed E-state index contributed by atoms with van der Waals surface area (Å²) in [5, 5.41) is 13.5. The van der Waals surface area contributed by atoms with Crippen molar-refractivity contribution in [3.63, 3.8) is 0 Å². The molecule has 9 heteroatoms.